The monoisotopic (exact) mass is 264 g/mol. The van der Waals surface area contributed by atoms with Crippen molar-refractivity contribution in [3.8, 4) is 0 Å². The molecule has 0 unspecified atom stereocenters. The van der Waals surface area contributed by atoms with Crippen molar-refractivity contribution in [2.75, 3.05) is 13.1 Å². The van der Waals surface area contributed by atoms with Gasteiger partial charge in [-0.3, -0.25) is 4.79 Å². The van der Waals surface area contributed by atoms with E-state index in [1.54, 1.807) is 0 Å². The summed E-state index contributed by atoms with van der Waals surface area (Å²) in [4.78, 5) is 11.8. The zero-order chi connectivity index (χ0) is 11.6. The van der Waals surface area contributed by atoms with Gasteiger partial charge in [-0.25, -0.2) is 8.78 Å². The van der Waals surface area contributed by atoms with E-state index in [2.05, 4.69) is 0 Å². The number of rotatable bonds is 2. The number of hydrogen-bond donors (Lipinski definition) is 1. The number of likely N-dealkylation sites (tertiary alicyclic amines) is 1. The van der Waals surface area contributed by atoms with Crippen molar-refractivity contribution in [3.63, 3.8) is 0 Å². The van der Waals surface area contributed by atoms with Gasteiger partial charge >= 0.3 is 12.3 Å². The first kappa shape index (κ1) is 15.4. The zero-order valence-corrected chi connectivity index (χ0v) is 9.15. The van der Waals surface area contributed by atoms with E-state index in [0.29, 0.717) is 17.7 Å². The van der Waals surface area contributed by atoms with Gasteiger partial charge in [0.05, 0.1) is 0 Å². The van der Waals surface area contributed by atoms with Crippen LogP contribution in [0.5, 0.6) is 0 Å². The maximum absolute atomic E-state index is 12.7. The zero-order valence-electron chi connectivity index (χ0n) is 8.34. The molecule has 1 aliphatic heterocycles. The second kappa shape index (κ2) is 5.67. The van der Waals surface area contributed by atoms with E-state index in [4.69, 9.17) is 5.73 Å². The number of hydrogen-bond acceptors (Lipinski definition) is 2. The lowest BCUT2D eigenvalue weighted by atomic mass is 10.1. The highest BCUT2D eigenvalue weighted by atomic mass is 35.5. The fraction of sp³-hybridized carbons (Fsp3) is 0.875. The highest BCUT2D eigenvalue weighted by molar-refractivity contribution is 5.85. The van der Waals surface area contributed by atoms with Crippen molar-refractivity contribution >= 4 is 18.3 Å². The number of carbonyl (C=O) groups is 1. The minimum Gasteiger partial charge on any atom is -0.336 e. The third-order valence-corrected chi connectivity index (χ3v) is 2.30. The van der Waals surface area contributed by atoms with E-state index >= 15 is 0 Å². The Balaban J connectivity index is 0.00000225. The lowest BCUT2D eigenvalue weighted by molar-refractivity contribution is -0.181. The molecule has 1 aliphatic rings. The van der Waals surface area contributed by atoms with Crippen LogP contribution in [0.25, 0.3) is 0 Å². The van der Waals surface area contributed by atoms with Crippen LogP contribution in [0.3, 0.4) is 0 Å². The molecule has 1 heterocycles. The fourth-order valence-electron chi connectivity index (χ4n) is 1.50. The van der Waals surface area contributed by atoms with Gasteiger partial charge in [0.25, 0.3) is 5.91 Å². The Morgan fingerprint density at radius 1 is 1.44 bits per heavy atom. The third-order valence-electron chi connectivity index (χ3n) is 2.30. The number of amides is 1. The van der Waals surface area contributed by atoms with Gasteiger partial charge in [0.1, 0.15) is 0 Å². The smallest absolute Gasteiger partial charge is 0.336 e. The van der Waals surface area contributed by atoms with Crippen molar-refractivity contribution in [2.45, 2.75) is 31.2 Å². The van der Waals surface area contributed by atoms with Crippen molar-refractivity contribution < 1.29 is 22.4 Å². The molecule has 0 radical (unpaired) electrons. The SMILES string of the molecule is Cl.N[C@@H]1CCCN(C(=O)C(F)(F)C(F)F)C1. The highest BCUT2D eigenvalue weighted by Gasteiger charge is 2.51. The molecule has 0 aromatic heterocycles. The summed E-state index contributed by atoms with van der Waals surface area (Å²) in [6, 6.07) is -0.406. The molecule has 1 saturated heterocycles. The quantitative estimate of drug-likeness (QED) is 0.763. The van der Waals surface area contributed by atoms with Crippen LogP contribution in [0.2, 0.25) is 0 Å². The summed E-state index contributed by atoms with van der Waals surface area (Å²) in [7, 11) is 0. The first-order valence-electron chi connectivity index (χ1n) is 4.56. The number of carbonyl (C=O) groups excluding carboxylic acids is 1. The van der Waals surface area contributed by atoms with Crippen LogP contribution < -0.4 is 5.73 Å². The molecule has 2 N–H and O–H groups in total. The molecule has 0 aromatic rings. The minimum atomic E-state index is -4.60. The van der Waals surface area contributed by atoms with E-state index < -0.39 is 24.3 Å². The molecule has 0 aromatic carbocycles. The van der Waals surface area contributed by atoms with Crippen LogP contribution in [0.4, 0.5) is 17.6 Å². The minimum absolute atomic E-state index is 0. The topological polar surface area (TPSA) is 46.3 Å². The number of alkyl halides is 4. The van der Waals surface area contributed by atoms with E-state index in [1.807, 2.05) is 0 Å². The lowest BCUT2D eigenvalue weighted by Crippen LogP contribution is -2.53. The number of nitrogens with two attached hydrogens (primary N) is 1. The van der Waals surface area contributed by atoms with Crippen LogP contribution >= 0.6 is 12.4 Å². The Morgan fingerprint density at radius 3 is 2.44 bits per heavy atom. The Hall–Kier alpha value is -0.560. The van der Waals surface area contributed by atoms with Gasteiger partial charge in [0, 0.05) is 19.1 Å². The summed E-state index contributed by atoms with van der Waals surface area (Å²) in [6.45, 7) is -0.0179. The van der Waals surface area contributed by atoms with E-state index in [0.717, 1.165) is 0 Å². The molecule has 1 rings (SSSR count). The van der Waals surface area contributed by atoms with Gasteiger partial charge in [0.2, 0.25) is 0 Å². The summed E-state index contributed by atoms with van der Waals surface area (Å²) < 4.78 is 49.1. The van der Waals surface area contributed by atoms with Gasteiger partial charge in [-0.05, 0) is 12.8 Å². The van der Waals surface area contributed by atoms with Crippen LogP contribution in [-0.4, -0.2) is 42.3 Å². The summed E-state index contributed by atoms with van der Waals surface area (Å²) in [6.07, 6.45) is -2.89. The fourth-order valence-corrected chi connectivity index (χ4v) is 1.50. The van der Waals surface area contributed by atoms with Crippen LogP contribution in [0, 0.1) is 0 Å². The first-order valence-corrected chi connectivity index (χ1v) is 4.56. The molecular formula is C8H13ClF4N2O. The van der Waals surface area contributed by atoms with Crippen molar-refractivity contribution in [3.05, 3.63) is 0 Å². The predicted octanol–water partition coefficient (Wildman–Crippen LogP) is 1.26. The molecular weight excluding hydrogens is 252 g/mol. The first-order chi connectivity index (χ1) is 6.85. The largest absolute Gasteiger partial charge is 0.383 e. The summed E-state index contributed by atoms with van der Waals surface area (Å²) in [5.74, 6) is -6.43. The molecule has 0 bridgehead atoms. The van der Waals surface area contributed by atoms with Crippen molar-refractivity contribution in [1.82, 2.24) is 4.90 Å². The molecule has 96 valence electrons. The van der Waals surface area contributed by atoms with Gasteiger partial charge < -0.3 is 10.6 Å². The summed E-state index contributed by atoms with van der Waals surface area (Å²) >= 11 is 0. The highest BCUT2D eigenvalue weighted by Crippen LogP contribution is 2.26. The van der Waals surface area contributed by atoms with Gasteiger partial charge in [0.15, 0.2) is 0 Å². The summed E-state index contributed by atoms with van der Waals surface area (Å²) in [5, 5.41) is 0. The van der Waals surface area contributed by atoms with Gasteiger partial charge in [-0.15, -0.1) is 12.4 Å². The second-order valence-corrected chi connectivity index (χ2v) is 3.58. The van der Waals surface area contributed by atoms with E-state index in [9.17, 15) is 22.4 Å². The van der Waals surface area contributed by atoms with E-state index in [-0.39, 0.29) is 25.5 Å². The number of piperidine rings is 1. The molecule has 0 spiro atoms. The number of halogens is 5. The second-order valence-electron chi connectivity index (χ2n) is 3.58. The average molecular weight is 265 g/mol. The van der Waals surface area contributed by atoms with E-state index in [1.165, 1.54) is 0 Å². The molecule has 3 nitrogen and oxygen atoms in total. The molecule has 1 atom stereocenters. The predicted molar refractivity (Wildman–Crippen MR) is 52.0 cm³/mol. The summed E-state index contributed by atoms with van der Waals surface area (Å²) in [5.41, 5.74) is 5.46. The van der Waals surface area contributed by atoms with Crippen LogP contribution in [0.1, 0.15) is 12.8 Å². The molecule has 16 heavy (non-hydrogen) atoms. The van der Waals surface area contributed by atoms with Crippen molar-refractivity contribution in [1.29, 1.82) is 0 Å². The Labute approximate surface area is 96.4 Å². The van der Waals surface area contributed by atoms with Crippen LogP contribution in [-0.2, 0) is 4.79 Å². The lowest BCUT2D eigenvalue weighted by Gasteiger charge is -2.32. The molecule has 0 aliphatic carbocycles. The third kappa shape index (κ3) is 3.21. The van der Waals surface area contributed by atoms with Gasteiger partial charge in [-0.1, -0.05) is 0 Å². The maximum Gasteiger partial charge on any atom is 0.383 e. The molecule has 0 saturated carbocycles. The van der Waals surface area contributed by atoms with Crippen molar-refractivity contribution in [2.24, 2.45) is 5.73 Å². The van der Waals surface area contributed by atoms with Crippen LogP contribution in [0.15, 0.2) is 0 Å². The molecule has 8 heteroatoms. The average Bonchev–Trinajstić information content (AvgIpc) is 2.16. The normalized spacial score (nSPS) is 21.9. The standard InChI is InChI=1S/C8H12F4N2O.ClH/c9-6(10)8(11,12)7(15)14-3-1-2-5(13)4-14;/h5-6H,1-4,13H2;1H/t5-;/m1./s1. The number of nitrogens with zero attached hydrogens (tertiary/aromatic N) is 1. The van der Waals surface area contributed by atoms with Gasteiger partial charge in [-0.2, -0.15) is 8.78 Å². The molecule has 1 fully saturated rings. The molecule has 1 amide bonds. The maximum atomic E-state index is 12.7. The Bertz CT molecular complexity index is 252. The Morgan fingerprint density at radius 2 is 2.00 bits per heavy atom. The Kier molecular flexibility index (Phi) is 5.48.